The van der Waals surface area contributed by atoms with E-state index in [1.54, 1.807) is 13.1 Å². The summed E-state index contributed by atoms with van der Waals surface area (Å²) in [5, 5.41) is 3.93. The number of benzene rings is 1. The van der Waals surface area contributed by atoms with Crippen LogP contribution in [0.15, 0.2) is 53.2 Å². The third-order valence-electron chi connectivity index (χ3n) is 4.85. The smallest absolute Gasteiger partial charge is 0.255 e. The van der Waals surface area contributed by atoms with Crippen LogP contribution in [0, 0.1) is 13.8 Å². The number of hydrogen-bond donors (Lipinski definition) is 0. The Balaban J connectivity index is 1.64. The number of carbonyl (C=O) groups is 1. The van der Waals surface area contributed by atoms with E-state index in [1.807, 2.05) is 42.2 Å². The molecule has 1 aliphatic rings. The highest BCUT2D eigenvalue weighted by Gasteiger charge is 2.40. The summed E-state index contributed by atoms with van der Waals surface area (Å²) in [6, 6.07) is 13.9. The predicted octanol–water partition coefficient (Wildman–Crippen LogP) is 3.10. The molecule has 1 aromatic carbocycles. The van der Waals surface area contributed by atoms with Gasteiger partial charge < -0.3 is 9.42 Å². The van der Waals surface area contributed by atoms with Crippen molar-refractivity contribution in [2.75, 3.05) is 13.1 Å². The minimum atomic E-state index is -0.0165. The Hall–Kier alpha value is -3.02. The molecule has 2 unspecified atom stereocenters. The van der Waals surface area contributed by atoms with Gasteiger partial charge in [-0.2, -0.15) is 4.98 Å². The van der Waals surface area contributed by atoms with Gasteiger partial charge in [0.1, 0.15) is 0 Å². The Kier molecular flexibility index (Phi) is 4.24. The second-order valence-electron chi connectivity index (χ2n) is 6.70. The molecule has 132 valence electrons. The number of pyridine rings is 1. The number of rotatable bonds is 3. The maximum absolute atomic E-state index is 12.9. The van der Waals surface area contributed by atoms with E-state index in [4.69, 9.17) is 4.52 Å². The van der Waals surface area contributed by atoms with Crippen LogP contribution in [-0.2, 0) is 0 Å². The Labute approximate surface area is 151 Å². The number of hydrogen-bond acceptors (Lipinski definition) is 5. The molecule has 1 saturated heterocycles. The molecule has 0 spiro atoms. The van der Waals surface area contributed by atoms with Crippen LogP contribution in [-0.4, -0.2) is 39.0 Å². The van der Waals surface area contributed by atoms with Gasteiger partial charge in [0.25, 0.3) is 5.91 Å². The molecule has 2 atom stereocenters. The summed E-state index contributed by atoms with van der Waals surface area (Å²) in [4.78, 5) is 23.5. The Morgan fingerprint density at radius 2 is 1.85 bits per heavy atom. The molecule has 6 nitrogen and oxygen atoms in total. The minimum Gasteiger partial charge on any atom is -0.339 e. The molecular formula is C20H20N4O2. The Morgan fingerprint density at radius 1 is 1.08 bits per heavy atom. The lowest BCUT2D eigenvalue weighted by atomic mass is 9.89. The van der Waals surface area contributed by atoms with E-state index in [-0.39, 0.29) is 17.7 Å². The second-order valence-corrected chi connectivity index (χ2v) is 6.70. The third kappa shape index (κ3) is 3.10. The van der Waals surface area contributed by atoms with Crippen molar-refractivity contribution in [2.45, 2.75) is 25.7 Å². The van der Waals surface area contributed by atoms with Gasteiger partial charge in [-0.05, 0) is 31.5 Å². The van der Waals surface area contributed by atoms with Crippen LogP contribution >= 0.6 is 0 Å². The van der Waals surface area contributed by atoms with Crippen molar-refractivity contribution in [2.24, 2.45) is 0 Å². The number of amides is 1. The predicted molar refractivity (Wildman–Crippen MR) is 95.8 cm³/mol. The quantitative estimate of drug-likeness (QED) is 0.727. The Morgan fingerprint density at radius 3 is 2.50 bits per heavy atom. The molecule has 1 amide bonds. The number of aryl methyl sites for hydroxylation is 2. The van der Waals surface area contributed by atoms with E-state index in [0.29, 0.717) is 30.4 Å². The maximum Gasteiger partial charge on any atom is 0.255 e. The fourth-order valence-electron chi connectivity index (χ4n) is 3.50. The summed E-state index contributed by atoms with van der Waals surface area (Å²) in [6.07, 6.45) is 1.64. The van der Waals surface area contributed by atoms with Crippen LogP contribution in [0.5, 0.6) is 0 Å². The van der Waals surface area contributed by atoms with Crippen LogP contribution in [0.1, 0.15) is 45.2 Å². The highest BCUT2D eigenvalue weighted by molar-refractivity contribution is 5.94. The molecule has 0 bridgehead atoms. The number of likely N-dealkylation sites (tertiary alicyclic amines) is 1. The fourth-order valence-corrected chi connectivity index (χ4v) is 3.50. The number of aromatic nitrogens is 3. The highest BCUT2D eigenvalue weighted by atomic mass is 16.5. The maximum atomic E-state index is 12.9. The Bertz CT molecular complexity index is 905. The molecule has 0 N–H and O–H groups in total. The third-order valence-corrected chi connectivity index (χ3v) is 4.85. The lowest BCUT2D eigenvalue weighted by molar-refractivity contribution is 0.0787. The molecule has 26 heavy (non-hydrogen) atoms. The average Bonchev–Trinajstić information content (AvgIpc) is 3.29. The van der Waals surface area contributed by atoms with E-state index in [9.17, 15) is 4.79 Å². The normalized spacial score (nSPS) is 19.7. The van der Waals surface area contributed by atoms with Crippen LogP contribution in [0.25, 0.3) is 0 Å². The first-order valence-corrected chi connectivity index (χ1v) is 8.69. The lowest BCUT2D eigenvalue weighted by Gasteiger charge is -2.16. The molecule has 1 fully saturated rings. The zero-order valence-corrected chi connectivity index (χ0v) is 14.8. The molecule has 3 heterocycles. The van der Waals surface area contributed by atoms with E-state index in [1.165, 1.54) is 5.56 Å². The zero-order valence-electron chi connectivity index (χ0n) is 14.8. The van der Waals surface area contributed by atoms with E-state index >= 15 is 0 Å². The van der Waals surface area contributed by atoms with Crippen molar-refractivity contribution in [1.29, 1.82) is 0 Å². The van der Waals surface area contributed by atoms with Crippen molar-refractivity contribution in [1.82, 2.24) is 20.0 Å². The summed E-state index contributed by atoms with van der Waals surface area (Å²) in [6.45, 7) is 4.88. The molecule has 0 aliphatic carbocycles. The largest absolute Gasteiger partial charge is 0.339 e. The average molecular weight is 348 g/mol. The molecule has 4 rings (SSSR count). The zero-order chi connectivity index (χ0) is 18.1. The van der Waals surface area contributed by atoms with Gasteiger partial charge in [-0.3, -0.25) is 9.78 Å². The van der Waals surface area contributed by atoms with Crippen LogP contribution < -0.4 is 0 Å². The summed E-state index contributed by atoms with van der Waals surface area (Å²) in [5.74, 6) is 1.30. The van der Waals surface area contributed by atoms with Crippen molar-refractivity contribution in [3.63, 3.8) is 0 Å². The van der Waals surface area contributed by atoms with Gasteiger partial charge in [-0.25, -0.2) is 0 Å². The van der Waals surface area contributed by atoms with Crippen LogP contribution in [0.2, 0.25) is 0 Å². The van der Waals surface area contributed by atoms with E-state index in [0.717, 1.165) is 5.69 Å². The van der Waals surface area contributed by atoms with Crippen molar-refractivity contribution in [3.8, 4) is 0 Å². The standard InChI is InChI=1S/C20H20N4O2/c1-13-8-9-16(10-21-13)20(25)24-11-17(15-6-4-3-5-7-15)18(12-24)19-22-14(2)23-26-19/h3-10,17-18H,11-12H2,1-2H3. The molecule has 3 aromatic rings. The molecule has 1 aliphatic heterocycles. The first-order chi connectivity index (χ1) is 12.6. The van der Waals surface area contributed by atoms with Gasteiger partial charge in [0.2, 0.25) is 5.89 Å². The van der Waals surface area contributed by atoms with Gasteiger partial charge in [-0.1, -0.05) is 35.5 Å². The first-order valence-electron chi connectivity index (χ1n) is 8.69. The minimum absolute atomic E-state index is 0.0130. The molecule has 0 saturated carbocycles. The highest BCUT2D eigenvalue weighted by Crippen LogP contribution is 2.39. The summed E-state index contributed by atoms with van der Waals surface area (Å²) >= 11 is 0. The van der Waals surface area contributed by atoms with Crippen molar-refractivity contribution in [3.05, 3.63) is 77.2 Å². The van der Waals surface area contributed by atoms with Gasteiger partial charge in [-0.15, -0.1) is 0 Å². The van der Waals surface area contributed by atoms with Gasteiger partial charge in [0.15, 0.2) is 5.82 Å². The van der Waals surface area contributed by atoms with Crippen molar-refractivity contribution < 1.29 is 9.32 Å². The SMILES string of the molecule is Cc1ccc(C(=O)N2CC(c3ccccc3)C(c3nc(C)no3)C2)cn1. The van der Waals surface area contributed by atoms with Gasteiger partial charge in [0.05, 0.1) is 11.5 Å². The molecule has 6 heteroatoms. The van der Waals surface area contributed by atoms with Crippen LogP contribution in [0.4, 0.5) is 0 Å². The number of nitrogens with zero attached hydrogens (tertiary/aromatic N) is 4. The topological polar surface area (TPSA) is 72.1 Å². The van der Waals surface area contributed by atoms with Gasteiger partial charge in [0, 0.05) is 30.9 Å². The van der Waals surface area contributed by atoms with Crippen LogP contribution in [0.3, 0.4) is 0 Å². The summed E-state index contributed by atoms with van der Waals surface area (Å²) in [5.41, 5.74) is 2.67. The number of carbonyl (C=O) groups excluding carboxylic acids is 1. The van der Waals surface area contributed by atoms with E-state index < -0.39 is 0 Å². The summed E-state index contributed by atoms with van der Waals surface area (Å²) in [7, 11) is 0. The summed E-state index contributed by atoms with van der Waals surface area (Å²) < 4.78 is 5.44. The molecular weight excluding hydrogens is 328 g/mol. The van der Waals surface area contributed by atoms with E-state index in [2.05, 4.69) is 27.3 Å². The second kappa shape index (κ2) is 6.71. The van der Waals surface area contributed by atoms with Gasteiger partial charge >= 0.3 is 0 Å². The molecule has 0 radical (unpaired) electrons. The molecule has 2 aromatic heterocycles. The fraction of sp³-hybridized carbons (Fsp3) is 0.300. The first kappa shape index (κ1) is 16.4. The van der Waals surface area contributed by atoms with Crippen molar-refractivity contribution >= 4 is 5.91 Å². The lowest BCUT2D eigenvalue weighted by Crippen LogP contribution is -2.29. The monoisotopic (exact) mass is 348 g/mol.